The molecule has 0 aliphatic rings. The maximum absolute atomic E-state index is 5.64. The maximum atomic E-state index is 5.64. The fourth-order valence-corrected chi connectivity index (χ4v) is 1.44. The van der Waals surface area contributed by atoms with Crippen LogP contribution in [0.15, 0.2) is 24.3 Å². The summed E-state index contributed by atoms with van der Waals surface area (Å²) in [7, 11) is 0. The predicted octanol–water partition coefficient (Wildman–Crippen LogP) is 3.02. The van der Waals surface area contributed by atoms with E-state index in [1.165, 1.54) is 5.56 Å². The number of benzene rings is 1. The van der Waals surface area contributed by atoms with Gasteiger partial charge in [0.25, 0.3) is 0 Å². The zero-order valence-electron chi connectivity index (χ0n) is 10.6. The molecule has 1 N–H and O–H groups in total. The Kier molecular flexibility index (Phi) is 5.94. The van der Waals surface area contributed by atoms with E-state index < -0.39 is 0 Å². The summed E-state index contributed by atoms with van der Waals surface area (Å²) in [5.41, 5.74) is 1.35. The predicted molar refractivity (Wildman–Crippen MR) is 69.1 cm³/mol. The van der Waals surface area contributed by atoms with Crippen LogP contribution in [0.4, 0.5) is 0 Å². The zero-order valence-corrected chi connectivity index (χ0v) is 10.6. The van der Waals surface area contributed by atoms with Crippen LogP contribution in [0, 0.1) is 0 Å². The molecule has 0 amide bonds. The van der Waals surface area contributed by atoms with Gasteiger partial charge in [0, 0.05) is 12.6 Å². The molecule has 0 saturated carbocycles. The van der Waals surface area contributed by atoms with Crippen LogP contribution in [0.2, 0.25) is 0 Å². The van der Waals surface area contributed by atoms with Crippen molar-refractivity contribution >= 4 is 0 Å². The van der Waals surface area contributed by atoms with Crippen LogP contribution < -0.4 is 10.1 Å². The summed E-state index contributed by atoms with van der Waals surface area (Å²) < 4.78 is 5.64. The minimum Gasteiger partial charge on any atom is -0.492 e. The van der Waals surface area contributed by atoms with Crippen LogP contribution in [0.1, 0.15) is 32.8 Å². The molecular weight excluding hydrogens is 198 g/mol. The van der Waals surface area contributed by atoms with Crippen molar-refractivity contribution in [3.63, 3.8) is 0 Å². The third-order valence-corrected chi connectivity index (χ3v) is 2.81. The summed E-state index contributed by atoms with van der Waals surface area (Å²) in [4.78, 5) is 0. The Morgan fingerprint density at radius 2 is 1.88 bits per heavy atom. The lowest BCUT2D eigenvalue weighted by molar-refractivity contribution is 0.306. The Bertz CT molecular complexity index is 281. The van der Waals surface area contributed by atoms with E-state index in [4.69, 9.17) is 4.74 Å². The minimum atomic E-state index is 0.575. The average Bonchev–Trinajstić information content (AvgIpc) is 2.35. The van der Waals surface area contributed by atoms with E-state index >= 15 is 0 Å². The molecule has 1 rings (SSSR count). The molecule has 1 aromatic carbocycles. The first kappa shape index (κ1) is 13.0. The summed E-state index contributed by atoms with van der Waals surface area (Å²) >= 11 is 0. The number of rotatable bonds is 7. The average molecular weight is 221 g/mol. The number of ether oxygens (including phenoxy) is 1. The number of hydrogen-bond acceptors (Lipinski definition) is 2. The fourth-order valence-electron chi connectivity index (χ4n) is 1.44. The molecule has 2 heteroatoms. The van der Waals surface area contributed by atoms with Crippen molar-refractivity contribution in [3.05, 3.63) is 29.8 Å². The minimum absolute atomic E-state index is 0.575. The zero-order chi connectivity index (χ0) is 11.8. The van der Waals surface area contributed by atoms with Crippen molar-refractivity contribution in [2.75, 3.05) is 13.2 Å². The van der Waals surface area contributed by atoms with E-state index in [2.05, 4.69) is 38.2 Å². The molecule has 0 radical (unpaired) electrons. The molecule has 1 aromatic rings. The van der Waals surface area contributed by atoms with Gasteiger partial charge in [-0.2, -0.15) is 0 Å². The van der Waals surface area contributed by atoms with Gasteiger partial charge in [0.1, 0.15) is 12.4 Å². The molecule has 0 bridgehead atoms. The molecule has 16 heavy (non-hydrogen) atoms. The number of hydrogen-bond donors (Lipinski definition) is 1. The van der Waals surface area contributed by atoms with E-state index in [-0.39, 0.29) is 0 Å². The van der Waals surface area contributed by atoms with Crippen molar-refractivity contribution in [2.24, 2.45) is 0 Å². The van der Waals surface area contributed by atoms with E-state index in [1.807, 2.05) is 12.1 Å². The van der Waals surface area contributed by atoms with Gasteiger partial charge in [-0.3, -0.25) is 0 Å². The lowest BCUT2D eigenvalue weighted by Gasteiger charge is -2.12. The highest BCUT2D eigenvalue weighted by Crippen LogP contribution is 2.12. The van der Waals surface area contributed by atoms with E-state index in [1.54, 1.807) is 0 Å². The highest BCUT2D eigenvalue weighted by Gasteiger charge is 1.97. The van der Waals surface area contributed by atoms with E-state index in [0.717, 1.165) is 31.7 Å². The summed E-state index contributed by atoms with van der Waals surface area (Å²) in [5, 5.41) is 3.40. The first-order valence-electron chi connectivity index (χ1n) is 6.21. The first-order chi connectivity index (χ1) is 7.76. The third kappa shape index (κ3) is 4.67. The lowest BCUT2D eigenvalue weighted by Crippen LogP contribution is -2.29. The van der Waals surface area contributed by atoms with Crippen LogP contribution in [-0.4, -0.2) is 19.2 Å². The standard InChI is InChI=1S/C14H23NO/c1-4-12(3)15-10-11-16-14-8-6-13(5-2)7-9-14/h6-9,12,15H,4-5,10-11H2,1-3H3. The Balaban J connectivity index is 2.21. The van der Waals surface area contributed by atoms with Crippen LogP contribution in [0.3, 0.4) is 0 Å². The van der Waals surface area contributed by atoms with Crippen LogP contribution in [0.25, 0.3) is 0 Å². The van der Waals surface area contributed by atoms with Crippen molar-refractivity contribution in [1.82, 2.24) is 5.32 Å². The topological polar surface area (TPSA) is 21.3 Å². The molecular formula is C14H23NO. The Hall–Kier alpha value is -1.02. The molecule has 0 aliphatic heterocycles. The number of aryl methyl sites for hydroxylation is 1. The van der Waals surface area contributed by atoms with Gasteiger partial charge in [0.2, 0.25) is 0 Å². The highest BCUT2D eigenvalue weighted by atomic mass is 16.5. The van der Waals surface area contributed by atoms with Crippen molar-refractivity contribution in [1.29, 1.82) is 0 Å². The van der Waals surface area contributed by atoms with Crippen LogP contribution >= 0.6 is 0 Å². The smallest absolute Gasteiger partial charge is 0.119 e. The normalized spacial score (nSPS) is 12.4. The van der Waals surface area contributed by atoms with Crippen LogP contribution in [-0.2, 0) is 6.42 Å². The van der Waals surface area contributed by atoms with Crippen LogP contribution in [0.5, 0.6) is 5.75 Å². The SMILES string of the molecule is CCc1ccc(OCCNC(C)CC)cc1. The van der Waals surface area contributed by atoms with Gasteiger partial charge in [0.05, 0.1) is 0 Å². The molecule has 0 heterocycles. The summed E-state index contributed by atoms with van der Waals surface area (Å²) in [5.74, 6) is 0.961. The Morgan fingerprint density at radius 3 is 2.44 bits per heavy atom. The molecule has 1 atom stereocenters. The molecule has 0 spiro atoms. The molecule has 0 fully saturated rings. The van der Waals surface area contributed by atoms with Gasteiger partial charge < -0.3 is 10.1 Å². The summed E-state index contributed by atoms with van der Waals surface area (Å²) in [6, 6.07) is 8.91. The van der Waals surface area contributed by atoms with Gasteiger partial charge in [-0.25, -0.2) is 0 Å². The molecule has 90 valence electrons. The van der Waals surface area contributed by atoms with Crippen molar-refractivity contribution in [3.8, 4) is 5.75 Å². The van der Waals surface area contributed by atoms with E-state index in [9.17, 15) is 0 Å². The second kappa shape index (κ2) is 7.29. The quantitative estimate of drug-likeness (QED) is 0.715. The maximum Gasteiger partial charge on any atom is 0.119 e. The summed E-state index contributed by atoms with van der Waals surface area (Å²) in [6.45, 7) is 8.17. The van der Waals surface area contributed by atoms with Gasteiger partial charge >= 0.3 is 0 Å². The second-order valence-electron chi connectivity index (χ2n) is 4.11. The van der Waals surface area contributed by atoms with Gasteiger partial charge in [0.15, 0.2) is 0 Å². The first-order valence-corrected chi connectivity index (χ1v) is 6.21. The lowest BCUT2D eigenvalue weighted by atomic mass is 10.2. The third-order valence-electron chi connectivity index (χ3n) is 2.81. The summed E-state index contributed by atoms with van der Waals surface area (Å²) in [6.07, 6.45) is 2.24. The molecule has 0 saturated heterocycles. The highest BCUT2D eigenvalue weighted by molar-refractivity contribution is 5.27. The molecule has 2 nitrogen and oxygen atoms in total. The Morgan fingerprint density at radius 1 is 1.19 bits per heavy atom. The monoisotopic (exact) mass is 221 g/mol. The Labute approximate surface area is 99.0 Å². The van der Waals surface area contributed by atoms with Crippen molar-refractivity contribution < 1.29 is 4.74 Å². The largest absolute Gasteiger partial charge is 0.492 e. The molecule has 1 unspecified atom stereocenters. The van der Waals surface area contributed by atoms with E-state index in [0.29, 0.717) is 6.04 Å². The van der Waals surface area contributed by atoms with Gasteiger partial charge in [-0.15, -0.1) is 0 Å². The second-order valence-corrected chi connectivity index (χ2v) is 4.11. The molecule has 0 aliphatic carbocycles. The fraction of sp³-hybridized carbons (Fsp3) is 0.571. The van der Waals surface area contributed by atoms with Gasteiger partial charge in [-0.1, -0.05) is 26.0 Å². The number of nitrogens with one attached hydrogen (secondary N) is 1. The van der Waals surface area contributed by atoms with Crippen molar-refractivity contribution in [2.45, 2.75) is 39.7 Å². The molecule has 0 aromatic heterocycles. The van der Waals surface area contributed by atoms with Gasteiger partial charge in [-0.05, 0) is 37.5 Å².